The molecule has 1 aromatic carbocycles. The van der Waals surface area contributed by atoms with Crippen LogP contribution in [0.2, 0.25) is 0 Å². The lowest BCUT2D eigenvalue weighted by Gasteiger charge is -2.20. The third-order valence-corrected chi connectivity index (χ3v) is 2.46. The van der Waals surface area contributed by atoms with Crippen LogP contribution in [0, 0.1) is 0 Å². The van der Waals surface area contributed by atoms with E-state index in [2.05, 4.69) is 15.4 Å². The highest BCUT2D eigenvalue weighted by molar-refractivity contribution is 7.80. The van der Waals surface area contributed by atoms with Gasteiger partial charge < -0.3 is 15.4 Å². The zero-order valence-electron chi connectivity index (χ0n) is 8.16. The van der Waals surface area contributed by atoms with E-state index in [0.717, 1.165) is 11.3 Å². The van der Waals surface area contributed by atoms with E-state index in [1.54, 1.807) is 12.1 Å². The Kier molecular flexibility index (Phi) is 2.55. The molecule has 1 heterocycles. The fourth-order valence-corrected chi connectivity index (χ4v) is 1.62. The van der Waals surface area contributed by atoms with Crippen molar-refractivity contribution in [3.05, 3.63) is 29.3 Å². The Morgan fingerprint density at radius 1 is 1.53 bits per heavy atom. The molecule has 78 valence electrons. The number of hydrogen-bond donors (Lipinski definition) is 2. The number of hydrogen-bond acceptors (Lipinski definition) is 3. The predicted octanol–water partition coefficient (Wildman–Crippen LogP) is 1.27. The minimum absolute atomic E-state index is 0.343. The Labute approximate surface area is 92.6 Å². The second-order valence-electron chi connectivity index (χ2n) is 3.17. The lowest BCUT2D eigenvalue weighted by Crippen LogP contribution is -2.33. The van der Waals surface area contributed by atoms with Gasteiger partial charge in [0.2, 0.25) is 0 Å². The monoisotopic (exact) mass is 222 g/mol. The molecule has 0 atom stereocenters. The van der Waals surface area contributed by atoms with Crippen molar-refractivity contribution in [1.82, 2.24) is 5.32 Å². The molecule has 0 spiro atoms. The third-order valence-electron chi connectivity index (χ3n) is 2.22. The van der Waals surface area contributed by atoms with Gasteiger partial charge in [0.1, 0.15) is 0 Å². The average molecular weight is 222 g/mol. The van der Waals surface area contributed by atoms with E-state index in [-0.39, 0.29) is 5.97 Å². The number of nitrogens with one attached hydrogen (secondary N) is 2. The molecule has 2 rings (SSSR count). The van der Waals surface area contributed by atoms with Crippen LogP contribution in [0.15, 0.2) is 18.2 Å². The molecule has 0 bridgehead atoms. The Morgan fingerprint density at radius 3 is 3.07 bits per heavy atom. The van der Waals surface area contributed by atoms with Gasteiger partial charge in [-0.05, 0) is 29.9 Å². The summed E-state index contributed by atoms with van der Waals surface area (Å²) in [7, 11) is 1.36. The molecular weight excluding hydrogens is 212 g/mol. The van der Waals surface area contributed by atoms with Gasteiger partial charge in [-0.25, -0.2) is 4.79 Å². The first kappa shape index (κ1) is 9.92. The maximum absolute atomic E-state index is 11.3. The maximum Gasteiger partial charge on any atom is 0.337 e. The van der Waals surface area contributed by atoms with Gasteiger partial charge in [-0.1, -0.05) is 6.07 Å². The van der Waals surface area contributed by atoms with Gasteiger partial charge >= 0.3 is 5.97 Å². The van der Waals surface area contributed by atoms with Crippen LogP contribution in [0.3, 0.4) is 0 Å². The number of rotatable bonds is 1. The highest BCUT2D eigenvalue weighted by atomic mass is 32.1. The number of benzene rings is 1. The SMILES string of the molecule is COC(=O)c1ccc2c(c1)NC(=S)NC2. The number of anilines is 1. The molecule has 1 aromatic rings. The summed E-state index contributed by atoms with van der Waals surface area (Å²) >= 11 is 4.98. The van der Waals surface area contributed by atoms with Crippen molar-refractivity contribution in [2.24, 2.45) is 0 Å². The molecule has 0 aromatic heterocycles. The van der Waals surface area contributed by atoms with Crippen molar-refractivity contribution in [3.63, 3.8) is 0 Å². The number of carbonyl (C=O) groups excluding carboxylic acids is 1. The zero-order chi connectivity index (χ0) is 10.8. The Morgan fingerprint density at radius 2 is 2.33 bits per heavy atom. The topological polar surface area (TPSA) is 50.4 Å². The van der Waals surface area contributed by atoms with Crippen molar-refractivity contribution in [2.75, 3.05) is 12.4 Å². The molecular formula is C10H10N2O2S. The smallest absolute Gasteiger partial charge is 0.337 e. The number of fused-ring (bicyclic) bond motifs is 1. The number of carbonyl (C=O) groups is 1. The van der Waals surface area contributed by atoms with E-state index in [0.29, 0.717) is 17.2 Å². The van der Waals surface area contributed by atoms with Crippen molar-refractivity contribution < 1.29 is 9.53 Å². The molecule has 0 unspecified atom stereocenters. The summed E-state index contributed by atoms with van der Waals surface area (Å²) in [6.45, 7) is 0.683. The molecule has 1 aliphatic heterocycles. The highest BCUT2D eigenvalue weighted by Crippen LogP contribution is 2.20. The van der Waals surface area contributed by atoms with Crippen LogP contribution in [-0.2, 0) is 11.3 Å². The normalized spacial score (nSPS) is 13.5. The van der Waals surface area contributed by atoms with Gasteiger partial charge in [-0.3, -0.25) is 0 Å². The van der Waals surface area contributed by atoms with Crippen molar-refractivity contribution in [2.45, 2.75) is 6.54 Å². The molecule has 4 nitrogen and oxygen atoms in total. The lowest BCUT2D eigenvalue weighted by molar-refractivity contribution is 0.0601. The van der Waals surface area contributed by atoms with Crippen LogP contribution < -0.4 is 10.6 Å². The number of thiocarbonyl (C=S) groups is 1. The fourth-order valence-electron chi connectivity index (χ4n) is 1.43. The van der Waals surface area contributed by atoms with Gasteiger partial charge in [0.05, 0.1) is 12.7 Å². The van der Waals surface area contributed by atoms with E-state index in [9.17, 15) is 4.79 Å². The zero-order valence-corrected chi connectivity index (χ0v) is 8.98. The molecule has 0 aliphatic carbocycles. The molecule has 0 saturated heterocycles. The van der Waals surface area contributed by atoms with Crippen LogP contribution in [0.4, 0.5) is 5.69 Å². The summed E-state index contributed by atoms with van der Waals surface area (Å²) < 4.78 is 4.64. The number of ether oxygens (including phenoxy) is 1. The first-order valence-corrected chi connectivity index (χ1v) is 4.87. The van der Waals surface area contributed by atoms with E-state index in [1.165, 1.54) is 7.11 Å². The molecule has 2 N–H and O–H groups in total. The minimum atomic E-state index is -0.343. The average Bonchev–Trinajstić information content (AvgIpc) is 2.27. The molecule has 0 radical (unpaired) electrons. The molecule has 0 saturated carbocycles. The second-order valence-corrected chi connectivity index (χ2v) is 3.58. The van der Waals surface area contributed by atoms with Crippen LogP contribution in [0.25, 0.3) is 0 Å². The molecule has 15 heavy (non-hydrogen) atoms. The largest absolute Gasteiger partial charge is 0.465 e. The van der Waals surface area contributed by atoms with E-state index in [4.69, 9.17) is 12.2 Å². The Hall–Kier alpha value is -1.62. The summed E-state index contributed by atoms with van der Waals surface area (Å²) in [5, 5.41) is 6.57. The second kappa shape index (κ2) is 3.86. The highest BCUT2D eigenvalue weighted by Gasteiger charge is 2.14. The van der Waals surface area contributed by atoms with Gasteiger partial charge in [0.15, 0.2) is 5.11 Å². The van der Waals surface area contributed by atoms with E-state index in [1.807, 2.05) is 6.07 Å². The van der Waals surface area contributed by atoms with Gasteiger partial charge in [-0.15, -0.1) is 0 Å². The van der Waals surface area contributed by atoms with Crippen LogP contribution in [0.5, 0.6) is 0 Å². The fraction of sp³-hybridized carbons (Fsp3) is 0.200. The van der Waals surface area contributed by atoms with E-state index < -0.39 is 0 Å². The summed E-state index contributed by atoms with van der Waals surface area (Å²) in [4.78, 5) is 11.3. The van der Waals surface area contributed by atoms with Crippen molar-refractivity contribution in [1.29, 1.82) is 0 Å². The quantitative estimate of drug-likeness (QED) is 0.553. The first-order chi connectivity index (χ1) is 7.20. The van der Waals surface area contributed by atoms with Gasteiger partial charge in [0, 0.05) is 12.2 Å². The van der Waals surface area contributed by atoms with Gasteiger partial charge in [0.25, 0.3) is 0 Å². The molecule has 0 fully saturated rings. The summed E-state index contributed by atoms with van der Waals surface area (Å²) in [5.74, 6) is -0.343. The van der Waals surface area contributed by atoms with Crippen molar-refractivity contribution >= 4 is 29.0 Å². The Balaban J connectivity index is 2.36. The summed E-state index contributed by atoms with van der Waals surface area (Å²) in [6.07, 6.45) is 0. The first-order valence-electron chi connectivity index (χ1n) is 4.47. The van der Waals surface area contributed by atoms with Crippen molar-refractivity contribution in [3.8, 4) is 0 Å². The number of esters is 1. The van der Waals surface area contributed by atoms with E-state index >= 15 is 0 Å². The lowest BCUT2D eigenvalue weighted by atomic mass is 10.1. The standard InChI is InChI=1S/C10H10N2O2S/c1-14-9(13)6-2-3-7-5-11-10(15)12-8(7)4-6/h2-4H,5H2,1H3,(H2,11,12,15). The molecule has 1 aliphatic rings. The molecule has 5 heteroatoms. The van der Waals surface area contributed by atoms with Gasteiger partial charge in [-0.2, -0.15) is 0 Å². The minimum Gasteiger partial charge on any atom is -0.465 e. The summed E-state index contributed by atoms with van der Waals surface area (Å²) in [6, 6.07) is 5.36. The molecule has 0 amide bonds. The Bertz CT molecular complexity index is 431. The van der Waals surface area contributed by atoms with Crippen LogP contribution in [-0.4, -0.2) is 18.2 Å². The maximum atomic E-state index is 11.3. The third kappa shape index (κ3) is 1.92. The number of methoxy groups -OCH3 is 1. The van der Waals surface area contributed by atoms with Crippen LogP contribution in [0.1, 0.15) is 15.9 Å². The predicted molar refractivity (Wildman–Crippen MR) is 60.8 cm³/mol. The van der Waals surface area contributed by atoms with Crippen LogP contribution >= 0.6 is 12.2 Å². The summed E-state index contributed by atoms with van der Waals surface area (Å²) in [5.41, 5.74) is 2.46.